The molecule has 0 heterocycles. The van der Waals surface area contributed by atoms with Crippen molar-refractivity contribution in [3.8, 4) is 0 Å². The van der Waals surface area contributed by atoms with E-state index in [1.54, 1.807) is 6.08 Å². The highest BCUT2D eigenvalue weighted by Gasteiger charge is 2.13. The van der Waals surface area contributed by atoms with E-state index in [4.69, 9.17) is 4.74 Å². The summed E-state index contributed by atoms with van der Waals surface area (Å²) < 4.78 is 5.74. The molecule has 0 aliphatic heterocycles. The lowest BCUT2D eigenvalue weighted by Gasteiger charge is -2.21. The molecule has 1 heteroatoms. The predicted molar refractivity (Wildman–Crippen MR) is 81.5 cm³/mol. The summed E-state index contributed by atoms with van der Waals surface area (Å²) in [6, 6.07) is 0. The maximum atomic E-state index is 5.74. The molecule has 0 aliphatic carbocycles. The third-order valence-electron chi connectivity index (χ3n) is 2.85. The molecule has 2 atom stereocenters. The maximum absolute atomic E-state index is 5.74. The van der Waals surface area contributed by atoms with E-state index < -0.39 is 0 Å². The standard InChI is InChI=1S/C17H28O/c1-7-10-17(18-16(6)8-2)13-15(5)12-9-11-14(3)4/h7-8,11,15,17H,1-2,6,9-10,12-13H2,3-5H3. The van der Waals surface area contributed by atoms with E-state index in [0.717, 1.165) is 19.3 Å². The first-order chi connectivity index (χ1) is 8.49. The minimum Gasteiger partial charge on any atom is -0.491 e. The van der Waals surface area contributed by atoms with Crippen molar-refractivity contribution >= 4 is 0 Å². The van der Waals surface area contributed by atoms with E-state index in [2.05, 4.69) is 46.6 Å². The van der Waals surface area contributed by atoms with Crippen LogP contribution in [0.3, 0.4) is 0 Å². The van der Waals surface area contributed by atoms with Crippen molar-refractivity contribution in [1.82, 2.24) is 0 Å². The topological polar surface area (TPSA) is 9.23 Å². The largest absolute Gasteiger partial charge is 0.491 e. The van der Waals surface area contributed by atoms with Crippen molar-refractivity contribution in [3.63, 3.8) is 0 Å². The molecule has 0 aromatic rings. The van der Waals surface area contributed by atoms with Crippen molar-refractivity contribution in [2.45, 2.75) is 52.6 Å². The second-order valence-electron chi connectivity index (χ2n) is 5.13. The first-order valence-corrected chi connectivity index (χ1v) is 6.71. The van der Waals surface area contributed by atoms with Gasteiger partial charge in [0.2, 0.25) is 0 Å². The van der Waals surface area contributed by atoms with E-state index in [-0.39, 0.29) is 6.10 Å². The number of hydrogen-bond donors (Lipinski definition) is 0. The Kier molecular flexibility index (Phi) is 9.08. The van der Waals surface area contributed by atoms with Crippen molar-refractivity contribution in [1.29, 1.82) is 0 Å². The molecular formula is C17H28O. The van der Waals surface area contributed by atoms with Crippen LogP contribution in [0.2, 0.25) is 0 Å². The number of rotatable bonds is 10. The normalized spacial score (nSPS) is 13.3. The summed E-state index contributed by atoms with van der Waals surface area (Å²) >= 11 is 0. The van der Waals surface area contributed by atoms with E-state index in [1.165, 1.54) is 12.0 Å². The van der Waals surface area contributed by atoms with Crippen molar-refractivity contribution in [3.05, 3.63) is 49.3 Å². The summed E-state index contributed by atoms with van der Waals surface area (Å²) in [4.78, 5) is 0. The lowest BCUT2D eigenvalue weighted by Crippen LogP contribution is -2.15. The van der Waals surface area contributed by atoms with E-state index in [9.17, 15) is 0 Å². The van der Waals surface area contributed by atoms with Gasteiger partial charge in [-0.15, -0.1) is 6.58 Å². The number of hydrogen-bond acceptors (Lipinski definition) is 1. The van der Waals surface area contributed by atoms with Gasteiger partial charge >= 0.3 is 0 Å². The van der Waals surface area contributed by atoms with Gasteiger partial charge < -0.3 is 4.74 Å². The third kappa shape index (κ3) is 8.86. The number of ether oxygens (including phenoxy) is 1. The summed E-state index contributed by atoms with van der Waals surface area (Å²) in [6.45, 7) is 17.8. The Labute approximate surface area is 113 Å². The van der Waals surface area contributed by atoms with Gasteiger partial charge in [0.25, 0.3) is 0 Å². The lowest BCUT2D eigenvalue weighted by atomic mass is 9.96. The maximum Gasteiger partial charge on any atom is 0.111 e. The van der Waals surface area contributed by atoms with Crippen molar-refractivity contribution in [2.75, 3.05) is 0 Å². The molecule has 0 aromatic heterocycles. The van der Waals surface area contributed by atoms with E-state index in [1.807, 2.05) is 6.08 Å². The van der Waals surface area contributed by atoms with Gasteiger partial charge in [-0.05, 0) is 45.1 Å². The predicted octanol–water partition coefficient (Wildman–Crippen LogP) is 5.42. The SMILES string of the molecule is C=CCC(CC(C)CCC=C(C)C)OC(=C)C=C. The molecule has 0 N–H and O–H groups in total. The van der Waals surface area contributed by atoms with Gasteiger partial charge in [-0.25, -0.2) is 0 Å². The quantitative estimate of drug-likeness (QED) is 0.285. The van der Waals surface area contributed by atoms with E-state index in [0.29, 0.717) is 11.7 Å². The van der Waals surface area contributed by atoms with Crippen LogP contribution in [0, 0.1) is 5.92 Å². The monoisotopic (exact) mass is 248 g/mol. The summed E-state index contributed by atoms with van der Waals surface area (Å²) in [6.07, 6.45) is 10.3. The van der Waals surface area contributed by atoms with Gasteiger partial charge in [0.15, 0.2) is 0 Å². The Bertz CT molecular complexity index is 295. The van der Waals surface area contributed by atoms with Crippen LogP contribution in [-0.4, -0.2) is 6.10 Å². The van der Waals surface area contributed by atoms with E-state index >= 15 is 0 Å². The van der Waals surface area contributed by atoms with Crippen LogP contribution in [-0.2, 0) is 4.74 Å². The van der Waals surface area contributed by atoms with Crippen LogP contribution in [0.5, 0.6) is 0 Å². The second-order valence-corrected chi connectivity index (χ2v) is 5.13. The number of allylic oxidation sites excluding steroid dienone is 3. The smallest absolute Gasteiger partial charge is 0.111 e. The summed E-state index contributed by atoms with van der Waals surface area (Å²) in [5.41, 5.74) is 1.39. The zero-order chi connectivity index (χ0) is 14.0. The minimum atomic E-state index is 0.176. The minimum absolute atomic E-state index is 0.176. The molecule has 0 aromatic carbocycles. The Morgan fingerprint density at radius 3 is 2.44 bits per heavy atom. The molecule has 2 unspecified atom stereocenters. The molecule has 0 spiro atoms. The summed E-state index contributed by atoms with van der Waals surface area (Å²) in [5, 5.41) is 0. The molecular weight excluding hydrogens is 220 g/mol. The van der Waals surface area contributed by atoms with Gasteiger partial charge in [0.05, 0.1) is 0 Å². The van der Waals surface area contributed by atoms with Gasteiger partial charge in [0.1, 0.15) is 11.9 Å². The highest BCUT2D eigenvalue weighted by atomic mass is 16.5. The van der Waals surface area contributed by atoms with Gasteiger partial charge in [0, 0.05) is 6.42 Å². The van der Waals surface area contributed by atoms with Crippen LogP contribution in [0.1, 0.15) is 46.5 Å². The Morgan fingerprint density at radius 2 is 1.94 bits per heavy atom. The summed E-state index contributed by atoms with van der Waals surface area (Å²) in [7, 11) is 0. The van der Waals surface area contributed by atoms with Gasteiger partial charge in [-0.3, -0.25) is 0 Å². The molecule has 0 bridgehead atoms. The molecule has 0 fully saturated rings. The molecule has 0 saturated carbocycles. The van der Waals surface area contributed by atoms with Gasteiger partial charge in [-0.2, -0.15) is 0 Å². The van der Waals surface area contributed by atoms with Crippen molar-refractivity contribution < 1.29 is 4.74 Å². The molecule has 0 amide bonds. The highest BCUT2D eigenvalue weighted by molar-refractivity contribution is 5.03. The lowest BCUT2D eigenvalue weighted by molar-refractivity contribution is 0.105. The third-order valence-corrected chi connectivity index (χ3v) is 2.85. The average molecular weight is 248 g/mol. The van der Waals surface area contributed by atoms with Gasteiger partial charge in [-0.1, -0.05) is 37.8 Å². The Morgan fingerprint density at radius 1 is 1.28 bits per heavy atom. The van der Waals surface area contributed by atoms with Crippen LogP contribution < -0.4 is 0 Å². The highest BCUT2D eigenvalue weighted by Crippen LogP contribution is 2.20. The van der Waals surface area contributed by atoms with Crippen LogP contribution in [0.25, 0.3) is 0 Å². The second kappa shape index (κ2) is 9.76. The first kappa shape index (κ1) is 16.8. The fourth-order valence-corrected chi connectivity index (χ4v) is 1.86. The molecule has 1 nitrogen and oxygen atoms in total. The zero-order valence-electron chi connectivity index (χ0n) is 12.2. The first-order valence-electron chi connectivity index (χ1n) is 6.71. The molecule has 0 aliphatic rings. The Balaban J connectivity index is 4.13. The van der Waals surface area contributed by atoms with Crippen LogP contribution in [0.15, 0.2) is 49.3 Å². The molecule has 18 heavy (non-hydrogen) atoms. The summed E-state index contributed by atoms with van der Waals surface area (Å²) in [5.74, 6) is 1.29. The van der Waals surface area contributed by atoms with Crippen LogP contribution in [0.4, 0.5) is 0 Å². The fraction of sp³-hybridized carbons (Fsp3) is 0.529. The Hall–Kier alpha value is -1.24. The van der Waals surface area contributed by atoms with Crippen LogP contribution >= 0.6 is 0 Å². The molecule has 0 radical (unpaired) electrons. The molecule has 0 saturated heterocycles. The molecule has 102 valence electrons. The average Bonchev–Trinajstić information content (AvgIpc) is 2.28. The van der Waals surface area contributed by atoms with Crippen molar-refractivity contribution in [2.24, 2.45) is 5.92 Å². The fourth-order valence-electron chi connectivity index (χ4n) is 1.86. The zero-order valence-corrected chi connectivity index (χ0v) is 12.2. The molecule has 0 rings (SSSR count).